The van der Waals surface area contributed by atoms with Crippen molar-refractivity contribution in [1.29, 1.82) is 0 Å². The van der Waals surface area contributed by atoms with Crippen molar-refractivity contribution in [3.05, 3.63) is 70.5 Å². The summed E-state index contributed by atoms with van der Waals surface area (Å²) < 4.78 is 65.1. The van der Waals surface area contributed by atoms with Gasteiger partial charge in [0.2, 0.25) is 5.95 Å². The van der Waals surface area contributed by atoms with E-state index in [-0.39, 0.29) is 32.9 Å². The number of nitrogens with zero attached hydrogens (tertiary/aromatic N) is 1. The minimum atomic E-state index is -4.14. The van der Waals surface area contributed by atoms with E-state index in [2.05, 4.69) is 9.71 Å². The van der Waals surface area contributed by atoms with Crippen LogP contribution >= 0.6 is 23.2 Å². The summed E-state index contributed by atoms with van der Waals surface area (Å²) >= 11 is 11.8. The first-order chi connectivity index (χ1) is 13.7. The van der Waals surface area contributed by atoms with Gasteiger partial charge in [-0.3, -0.25) is 4.72 Å². The van der Waals surface area contributed by atoms with Crippen LogP contribution in [0.3, 0.4) is 0 Å². The predicted octanol–water partition coefficient (Wildman–Crippen LogP) is 5.27. The number of halogens is 4. The Balaban J connectivity index is 1.99. The Kier molecular flexibility index (Phi) is 6.11. The van der Waals surface area contributed by atoms with Gasteiger partial charge in [-0.1, -0.05) is 23.2 Å². The van der Waals surface area contributed by atoms with Crippen molar-refractivity contribution < 1.29 is 26.7 Å². The fourth-order valence-corrected chi connectivity index (χ4v) is 3.96. The maximum absolute atomic E-state index is 13.6. The van der Waals surface area contributed by atoms with Crippen molar-refractivity contribution in [1.82, 2.24) is 4.98 Å². The molecule has 3 rings (SSSR count). The number of nitrogens with one attached hydrogen (secondary N) is 1. The molecule has 3 aromatic rings. The lowest BCUT2D eigenvalue weighted by Gasteiger charge is -2.14. The van der Waals surface area contributed by atoms with Gasteiger partial charge in [-0.25, -0.2) is 17.8 Å². The van der Waals surface area contributed by atoms with Gasteiger partial charge in [0.15, 0.2) is 5.75 Å². The Morgan fingerprint density at radius 1 is 1.07 bits per heavy atom. The summed E-state index contributed by atoms with van der Waals surface area (Å²) in [6, 6.07) is 8.62. The van der Waals surface area contributed by atoms with Gasteiger partial charge in [0, 0.05) is 11.8 Å². The van der Waals surface area contributed by atoms with E-state index in [1.807, 2.05) is 0 Å². The molecule has 0 aliphatic rings. The fraction of sp³-hybridized carbons (Fsp3) is 0.0556. The predicted molar refractivity (Wildman–Crippen MR) is 104 cm³/mol. The van der Waals surface area contributed by atoms with Crippen molar-refractivity contribution in [2.45, 2.75) is 4.90 Å². The number of aromatic nitrogens is 1. The molecule has 1 heterocycles. The van der Waals surface area contributed by atoms with Gasteiger partial charge >= 0.3 is 0 Å². The molecule has 11 heteroatoms. The number of hydrogen-bond acceptors (Lipinski definition) is 5. The standard InChI is InChI=1S/C18H12Cl2F2N2O4S/c1-27-14-7-6-12(28-17-13(19)9-23-18(22)16(17)20)8-15(14)29(25,26)24-11-4-2-10(21)3-5-11/h2-9,24H,1H3. The summed E-state index contributed by atoms with van der Waals surface area (Å²) in [4.78, 5) is 3.08. The van der Waals surface area contributed by atoms with Gasteiger partial charge in [-0.2, -0.15) is 4.39 Å². The molecule has 0 atom stereocenters. The molecule has 0 unspecified atom stereocenters. The van der Waals surface area contributed by atoms with Crippen LogP contribution in [0.5, 0.6) is 17.2 Å². The molecule has 0 spiro atoms. The van der Waals surface area contributed by atoms with Crippen LogP contribution in [0.4, 0.5) is 14.5 Å². The summed E-state index contributed by atoms with van der Waals surface area (Å²) in [5.41, 5.74) is 0.141. The Morgan fingerprint density at radius 3 is 2.41 bits per heavy atom. The number of rotatable bonds is 6. The highest BCUT2D eigenvalue weighted by molar-refractivity contribution is 7.92. The van der Waals surface area contributed by atoms with E-state index in [0.717, 1.165) is 24.4 Å². The average Bonchev–Trinajstić information content (AvgIpc) is 2.69. The van der Waals surface area contributed by atoms with Crippen LogP contribution in [0.25, 0.3) is 0 Å². The minimum Gasteiger partial charge on any atom is -0.495 e. The summed E-state index contributed by atoms with van der Waals surface area (Å²) in [6.45, 7) is 0. The number of hydrogen-bond donors (Lipinski definition) is 1. The lowest BCUT2D eigenvalue weighted by molar-refractivity contribution is 0.400. The highest BCUT2D eigenvalue weighted by Gasteiger charge is 2.22. The maximum atomic E-state index is 13.6. The maximum Gasteiger partial charge on any atom is 0.265 e. The molecule has 0 amide bonds. The third kappa shape index (κ3) is 4.69. The zero-order valence-corrected chi connectivity index (χ0v) is 16.9. The van der Waals surface area contributed by atoms with Crippen LogP contribution in [0.15, 0.2) is 53.6 Å². The Labute approximate surface area is 175 Å². The Hall–Kier alpha value is -2.62. The van der Waals surface area contributed by atoms with Gasteiger partial charge in [-0.15, -0.1) is 0 Å². The van der Waals surface area contributed by atoms with Crippen LogP contribution in [-0.2, 0) is 10.0 Å². The van der Waals surface area contributed by atoms with E-state index in [1.54, 1.807) is 0 Å². The van der Waals surface area contributed by atoms with Crippen LogP contribution < -0.4 is 14.2 Å². The van der Waals surface area contributed by atoms with Crippen molar-refractivity contribution in [2.24, 2.45) is 0 Å². The van der Waals surface area contributed by atoms with Crippen molar-refractivity contribution in [2.75, 3.05) is 11.8 Å². The Bertz CT molecular complexity index is 1160. The monoisotopic (exact) mass is 460 g/mol. The van der Waals surface area contributed by atoms with E-state index in [1.165, 1.54) is 31.4 Å². The molecule has 1 aromatic heterocycles. The summed E-state index contributed by atoms with van der Waals surface area (Å²) in [7, 11) is -2.85. The molecule has 0 aliphatic carbocycles. The molecule has 29 heavy (non-hydrogen) atoms. The van der Waals surface area contributed by atoms with E-state index in [0.29, 0.717) is 0 Å². The van der Waals surface area contributed by atoms with Gasteiger partial charge in [0.05, 0.1) is 13.3 Å². The Morgan fingerprint density at radius 2 is 1.76 bits per heavy atom. The van der Waals surface area contributed by atoms with Crippen LogP contribution in [0.1, 0.15) is 0 Å². The molecule has 6 nitrogen and oxygen atoms in total. The molecule has 0 fully saturated rings. The van der Waals surface area contributed by atoms with Crippen molar-refractivity contribution >= 4 is 38.9 Å². The molecule has 0 saturated heterocycles. The third-order valence-electron chi connectivity index (χ3n) is 3.63. The van der Waals surface area contributed by atoms with Crippen LogP contribution in [0.2, 0.25) is 10.0 Å². The SMILES string of the molecule is COc1ccc(Oc2c(Cl)cnc(F)c2Cl)cc1S(=O)(=O)Nc1ccc(F)cc1. The van der Waals surface area contributed by atoms with E-state index in [9.17, 15) is 17.2 Å². The van der Waals surface area contributed by atoms with E-state index in [4.69, 9.17) is 32.7 Å². The lowest BCUT2D eigenvalue weighted by Crippen LogP contribution is -2.14. The molecular formula is C18H12Cl2F2N2O4S. The largest absolute Gasteiger partial charge is 0.495 e. The van der Waals surface area contributed by atoms with Gasteiger partial charge in [-0.05, 0) is 36.4 Å². The molecule has 2 aromatic carbocycles. The number of anilines is 1. The zero-order valence-electron chi connectivity index (χ0n) is 14.6. The third-order valence-corrected chi connectivity index (χ3v) is 5.63. The number of methoxy groups -OCH3 is 1. The fourth-order valence-electron chi connectivity index (χ4n) is 2.30. The first kappa shape index (κ1) is 21.1. The van der Waals surface area contributed by atoms with Gasteiger partial charge in [0.25, 0.3) is 10.0 Å². The zero-order chi connectivity index (χ0) is 21.2. The normalized spacial score (nSPS) is 11.2. The average molecular weight is 461 g/mol. The van der Waals surface area contributed by atoms with Crippen LogP contribution in [0, 0.1) is 11.8 Å². The second kappa shape index (κ2) is 8.40. The number of sulfonamides is 1. The van der Waals surface area contributed by atoms with Gasteiger partial charge < -0.3 is 9.47 Å². The second-order valence-corrected chi connectivity index (χ2v) is 8.00. The first-order valence-electron chi connectivity index (χ1n) is 7.85. The highest BCUT2D eigenvalue weighted by Crippen LogP contribution is 2.38. The summed E-state index contributed by atoms with van der Waals surface area (Å²) in [5.74, 6) is -1.71. The molecule has 152 valence electrons. The molecule has 0 aliphatic heterocycles. The molecule has 1 N–H and O–H groups in total. The highest BCUT2D eigenvalue weighted by atomic mass is 35.5. The van der Waals surface area contributed by atoms with Crippen LogP contribution in [-0.4, -0.2) is 20.5 Å². The van der Waals surface area contributed by atoms with E-state index < -0.39 is 26.8 Å². The quantitative estimate of drug-likeness (QED) is 0.507. The first-order valence-corrected chi connectivity index (χ1v) is 10.1. The second-order valence-electron chi connectivity index (χ2n) is 5.57. The smallest absolute Gasteiger partial charge is 0.265 e. The molecule has 0 saturated carbocycles. The van der Waals surface area contributed by atoms with Crippen molar-refractivity contribution in [3.63, 3.8) is 0 Å². The number of benzene rings is 2. The molecular weight excluding hydrogens is 449 g/mol. The lowest BCUT2D eigenvalue weighted by atomic mass is 10.3. The number of pyridine rings is 1. The van der Waals surface area contributed by atoms with Gasteiger partial charge in [0.1, 0.15) is 32.3 Å². The molecule has 0 bridgehead atoms. The molecule has 0 radical (unpaired) electrons. The van der Waals surface area contributed by atoms with Crippen molar-refractivity contribution in [3.8, 4) is 17.2 Å². The summed E-state index contributed by atoms with van der Waals surface area (Å²) in [6.07, 6.45) is 1.01. The summed E-state index contributed by atoms with van der Waals surface area (Å²) in [5, 5.41) is -0.525. The van der Waals surface area contributed by atoms with E-state index >= 15 is 0 Å². The minimum absolute atomic E-state index is 0.000295. The topological polar surface area (TPSA) is 77.5 Å². The number of ether oxygens (including phenoxy) is 2.